The summed E-state index contributed by atoms with van der Waals surface area (Å²) in [6, 6.07) is 4.79. The van der Waals surface area contributed by atoms with Gasteiger partial charge in [0, 0.05) is 34.0 Å². The first-order valence-electron chi connectivity index (χ1n) is 9.94. The standard InChI is InChI=1S/C23H22ClNO5/c1-11(2)30-23(28)19-12(3)25-16-5-4-6-17(26)21(16)20(19)15-10-29-18-8-7-13(24)9-14(18)22(15)27/h7-11,20,25H,4-6H2,1-3H3/t20-/m1/s1. The predicted molar refractivity (Wildman–Crippen MR) is 113 cm³/mol. The van der Waals surface area contributed by atoms with E-state index < -0.39 is 11.9 Å². The van der Waals surface area contributed by atoms with Gasteiger partial charge in [-0.05, 0) is 51.8 Å². The maximum Gasteiger partial charge on any atom is 0.337 e. The predicted octanol–water partition coefficient (Wildman–Crippen LogP) is 4.37. The number of nitrogens with one attached hydrogen (secondary N) is 1. The largest absolute Gasteiger partial charge is 0.464 e. The molecule has 0 amide bonds. The Morgan fingerprint density at radius 2 is 2.03 bits per heavy atom. The second-order valence-electron chi connectivity index (χ2n) is 7.88. The summed E-state index contributed by atoms with van der Waals surface area (Å²) in [4.78, 5) is 39.3. The van der Waals surface area contributed by atoms with Gasteiger partial charge in [-0.2, -0.15) is 0 Å². The van der Waals surface area contributed by atoms with Crippen LogP contribution in [-0.2, 0) is 14.3 Å². The van der Waals surface area contributed by atoms with Gasteiger partial charge in [0.25, 0.3) is 0 Å². The summed E-state index contributed by atoms with van der Waals surface area (Å²) < 4.78 is 11.2. The lowest BCUT2D eigenvalue weighted by Crippen LogP contribution is -2.36. The first-order valence-corrected chi connectivity index (χ1v) is 10.3. The van der Waals surface area contributed by atoms with Crippen LogP contribution in [0.2, 0.25) is 5.02 Å². The van der Waals surface area contributed by atoms with Crippen molar-refractivity contribution in [1.29, 1.82) is 0 Å². The van der Waals surface area contributed by atoms with Gasteiger partial charge >= 0.3 is 5.97 Å². The Kier molecular flexibility index (Phi) is 5.28. The number of halogens is 1. The summed E-state index contributed by atoms with van der Waals surface area (Å²) in [5.41, 5.74) is 2.31. The average Bonchev–Trinajstić information content (AvgIpc) is 2.67. The molecule has 0 radical (unpaired) electrons. The van der Waals surface area contributed by atoms with Gasteiger partial charge in [-0.3, -0.25) is 9.59 Å². The fourth-order valence-corrected chi connectivity index (χ4v) is 4.33. The van der Waals surface area contributed by atoms with Crippen molar-refractivity contribution in [2.45, 2.75) is 52.1 Å². The fraction of sp³-hybridized carbons (Fsp3) is 0.348. The molecule has 1 aliphatic heterocycles. The Labute approximate surface area is 178 Å². The molecule has 0 unspecified atom stereocenters. The van der Waals surface area contributed by atoms with Gasteiger partial charge in [-0.1, -0.05) is 11.6 Å². The second kappa shape index (κ2) is 7.76. The third kappa shape index (κ3) is 3.45. The topological polar surface area (TPSA) is 85.6 Å². The first kappa shape index (κ1) is 20.4. The monoisotopic (exact) mass is 427 g/mol. The van der Waals surface area contributed by atoms with E-state index in [0.717, 1.165) is 12.1 Å². The molecule has 0 saturated heterocycles. The molecule has 1 aliphatic carbocycles. The lowest BCUT2D eigenvalue weighted by Gasteiger charge is -2.33. The molecule has 0 spiro atoms. The van der Waals surface area contributed by atoms with Gasteiger partial charge in [0.2, 0.25) is 0 Å². The van der Waals surface area contributed by atoms with Gasteiger partial charge in [0.05, 0.1) is 29.2 Å². The van der Waals surface area contributed by atoms with Crippen molar-refractivity contribution in [1.82, 2.24) is 5.32 Å². The molecule has 0 fully saturated rings. The van der Waals surface area contributed by atoms with E-state index in [-0.39, 0.29) is 28.5 Å². The minimum absolute atomic E-state index is 0.0818. The molecule has 0 bridgehead atoms. The highest BCUT2D eigenvalue weighted by molar-refractivity contribution is 6.31. The number of ether oxygens (including phenoxy) is 1. The maximum atomic E-state index is 13.4. The van der Waals surface area contributed by atoms with Gasteiger partial charge in [-0.15, -0.1) is 0 Å². The molecular weight excluding hydrogens is 406 g/mol. The molecule has 2 aromatic rings. The van der Waals surface area contributed by atoms with Crippen molar-refractivity contribution in [3.63, 3.8) is 0 Å². The minimum Gasteiger partial charge on any atom is -0.464 e. The van der Waals surface area contributed by atoms with E-state index in [0.29, 0.717) is 40.1 Å². The van der Waals surface area contributed by atoms with Crippen LogP contribution in [0.15, 0.2) is 56.2 Å². The zero-order valence-electron chi connectivity index (χ0n) is 17.0. The summed E-state index contributed by atoms with van der Waals surface area (Å²) in [5, 5.41) is 3.91. The Morgan fingerprint density at radius 3 is 2.77 bits per heavy atom. The highest BCUT2D eigenvalue weighted by atomic mass is 35.5. The van der Waals surface area contributed by atoms with Crippen molar-refractivity contribution in [2.75, 3.05) is 0 Å². The molecule has 1 atom stereocenters. The SMILES string of the molecule is CC1=C(C(=O)OC(C)C)[C@@H](c2coc3ccc(Cl)cc3c2=O)C2=C(CCCC2=O)N1. The van der Waals surface area contributed by atoms with Crippen LogP contribution in [0.1, 0.15) is 51.5 Å². The number of esters is 1. The number of allylic oxidation sites excluding steroid dienone is 3. The first-order chi connectivity index (χ1) is 14.3. The van der Waals surface area contributed by atoms with Gasteiger partial charge in [-0.25, -0.2) is 4.79 Å². The highest BCUT2D eigenvalue weighted by Crippen LogP contribution is 2.42. The molecule has 0 saturated carbocycles. The van der Waals surface area contributed by atoms with Crippen LogP contribution in [0.25, 0.3) is 11.0 Å². The third-order valence-electron chi connectivity index (χ3n) is 5.41. The van der Waals surface area contributed by atoms with Crippen molar-refractivity contribution in [3.05, 3.63) is 67.8 Å². The number of rotatable bonds is 3. The van der Waals surface area contributed by atoms with Gasteiger partial charge < -0.3 is 14.5 Å². The number of fused-ring (bicyclic) bond motifs is 1. The molecule has 6 nitrogen and oxygen atoms in total. The number of benzene rings is 1. The lowest BCUT2D eigenvalue weighted by atomic mass is 9.75. The van der Waals surface area contributed by atoms with Crippen molar-refractivity contribution < 1.29 is 18.7 Å². The molecule has 1 aromatic carbocycles. The summed E-state index contributed by atoms with van der Waals surface area (Å²) >= 11 is 6.08. The number of Topliss-reactive ketones (excluding diaryl/α,β-unsaturated/α-hetero) is 1. The van der Waals surface area contributed by atoms with Crippen molar-refractivity contribution in [3.8, 4) is 0 Å². The van der Waals surface area contributed by atoms with E-state index in [1.54, 1.807) is 32.9 Å². The normalized spacial score (nSPS) is 19.2. The molecule has 7 heteroatoms. The number of ketones is 1. The van der Waals surface area contributed by atoms with Gasteiger partial charge in [0.15, 0.2) is 11.2 Å². The Hall–Kier alpha value is -2.86. The van der Waals surface area contributed by atoms with E-state index in [2.05, 4.69) is 5.32 Å². The van der Waals surface area contributed by atoms with E-state index in [4.69, 9.17) is 20.8 Å². The molecule has 2 aliphatic rings. The van der Waals surface area contributed by atoms with Crippen LogP contribution in [-0.4, -0.2) is 17.9 Å². The van der Waals surface area contributed by atoms with Crippen LogP contribution in [0, 0.1) is 0 Å². The number of carbonyl (C=O) groups is 2. The second-order valence-corrected chi connectivity index (χ2v) is 8.32. The van der Waals surface area contributed by atoms with Crippen LogP contribution < -0.4 is 10.7 Å². The minimum atomic E-state index is -0.847. The Bertz CT molecular complexity index is 1190. The van der Waals surface area contributed by atoms with Gasteiger partial charge in [0.1, 0.15) is 5.58 Å². The maximum absolute atomic E-state index is 13.4. The molecule has 30 heavy (non-hydrogen) atoms. The van der Waals surface area contributed by atoms with E-state index in [9.17, 15) is 14.4 Å². The van der Waals surface area contributed by atoms with Crippen molar-refractivity contribution >= 4 is 34.3 Å². The summed E-state index contributed by atoms with van der Waals surface area (Å²) in [6.07, 6.45) is 2.76. The molecule has 4 rings (SSSR count). The van der Waals surface area contributed by atoms with Crippen LogP contribution in [0.4, 0.5) is 0 Å². The van der Waals surface area contributed by atoms with Crippen LogP contribution >= 0.6 is 11.6 Å². The zero-order chi connectivity index (χ0) is 21.6. The molecule has 1 aromatic heterocycles. The molecule has 1 N–H and O–H groups in total. The molecule has 2 heterocycles. The lowest BCUT2D eigenvalue weighted by molar-refractivity contribution is -0.143. The Morgan fingerprint density at radius 1 is 1.27 bits per heavy atom. The quantitative estimate of drug-likeness (QED) is 0.732. The third-order valence-corrected chi connectivity index (χ3v) is 5.65. The average molecular weight is 428 g/mol. The summed E-state index contributed by atoms with van der Waals surface area (Å²) in [6.45, 7) is 5.26. The van der Waals surface area contributed by atoms with Crippen LogP contribution in [0.3, 0.4) is 0 Å². The number of dihydropyridines is 1. The smallest absolute Gasteiger partial charge is 0.337 e. The van der Waals surface area contributed by atoms with E-state index in [1.165, 1.54) is 12.3 Å². The van der Waals surface area contributed by atoms with Crippen LogP contribution in [0.5, 0.6) is 0 Å². The van der Waals surface area contributed by atoms with E-state index >= 15 is 0 Å². The summed E-state index contributed by atoms with van der Waals surface area (Å²) in [5.74, 6) is -1.49. The number of hydrogen-bond acceptors (Lipinski definition) is 6. The number of hydrogen-bond donors (Lipinski definition) is 1. The van der Waals surface area contributed by atoms with Crippen molar-refractivity contribution in [2.24, 2.45) is 0 Å². The summed E-state index contributed by atoms with van der Waals surface area (Å²) in [7, 11) is 0. The highest BCUT2D eigenvalue weighted by Gasteiger charge is 2.40. The fourth-order valence-electron chi connectivity index (χ4n) is 4.16. The molecular formula is C23H22ClNO5. The Balaban J connectivity index is 1.97. The molecule has 156 valence electrons. The zero-order valence-corrected chi connectivity index (χ0v) is 17.8. The van der Waals surface area contributed by atoms with E-state index in [1.807, 2.05) is 0 Å². The number of carbonyl (C=O) groups excluding carboxylic acids is 2.